The second-order valence-corrected chi connectivity index (χ2v) is 15.9. The maximum absolute atomic E-state index is 14.4. The van der Waals surface area contributed by atoms with E-state index in [1.54, 1.807) is 0 Å². The standard InChI is InChI=1S/C37H53N3O14/c1-17(41)50-22-12-13-36(5)21(14-22)8-9-23-24-10-11-25(37(24,6)15-27(45)28(23)36)26(39-40-35(38)47)16-49-34-32(53-20(4)44)30(52-19(3)43)29(51-18(2)42)31(54-34)33(46)48-7/h21-25,28-32,34H,8-16H2,1-7H3,(H3,38,40,47). The molecule has 300 valence electrons. The number of fused-ring (bicyclic) bond motifs is 5. The van der Waals surface area contributed by atoms with Gasteiger partial charge in [-0.2, -0.15) is 5.10 Å². The van der Waals surface area contributed by atoms with Gasteiger partial charge in [-0.1, -0.05) is 13.8 Å². The lowest BCUT2D eigenvalue weighted by Crippen LogP contribution is -2.64. The molecule has 3 N–H and O–H groups in total. The van der Waals surface area contributed by atoms with Gasteiger partial charge in [-0.3, -0.25) is 24.0 Å². The number of nitrogens with one attached hydrogen (secondary N) is 1. The normalized spacial score (nSPS) is 38.8. The van der Waals surface area contributed by atoms with Gasteiger partial charge in [0.1, 0.15) is 11.9 Å². The van der Waals surface area contributed by atoms with Gasteiger partial charge in [-0.25, -0.2) is 15.0 Å². The molecule has 13 atom stereocenters. The first-order valence-corrected chi connectivity index (χ1v) is 18.6. The molecule has 0 bridgehead atoms. The van der Waals surface area contributed by atoms with Crippen LogP contribution in [0.5, 0.6) is 0 Å². The molecule has 0 aromatic heterocycles. The van der Waals surface area contributed by atoms with Gasteiger partial charge in [-0.05, 0) is 73.5 Å². The Bertz CT molecular complexity index is 1550. The minimum Gasteiger partial charge on any atom is -0.467 e. The molecule has 4 aliphatic carbocycles. The summed E-state index contributed by atoms with van der Waals surface area (Å²) >= 11 is 0. The highest BCUT2D eigenvalue weighted by Gasteiger charge is 2.64. The summed E-state index contributed by atoms with van der Waals surface area (Å²) in [6.07, 6.45) is -2.33. The predicted molar refractivity (Wildman–Crippen MR) is 185 cm³/mol. The summed E-state index contributed by atoms with van der Waals surface area (Å²) in [6.45, 7) is 8.63. The second-order valence-electron chi connectivity index (χ2n) is 15.9. The van der Waals surface area contributed by atoms with Crippen molar-refractivity contribution < 1.29 is 66.7 Å². The number of urea groups is 1. The third-order valence-electron chi connectivity index (χ3n) is 12.6. The quantitative estimate of drug-likeness (QED) is 0.141. The minimum atomic E-state index is -1.66. The topological polar surface area (TPSA) is 235 Å². The van der Waals surface area contributed by atoms with E-state index in [1.807, 2.05) is 0 Å². The van der Waals surface area contributed by atoms with Crippen molar-refractivity contribution in [2.45, 2.75) is 130 Å². The number of hydrazone groups is 1. The highest BCUT2D eigenvalue weighted by atomic mass is 16.7. The van der Waals surface area contributed by atoms with E-state index < -0.39 is 66.0 Å². The van der Waals surface area contributed by atoms with Crippen LogP contribution < -0.4 is 11.2 Å². The number of primary amides is 1. The molecule has 13 unspecified atom stereocenters. The summed E-state index contributed by atoms with van der Waals surface area (Å²) < 4.78 is 38.9. The van der Waals surface area contributed by atoms with Gasteiger partial charge in [-0.15, -0.1) is 0 Å². The van der Waals surface area contributed by atoms with E-state index in [0.717, 1.165) is 66.4 Å². The van der Waals surface area contributed by atoms with E-state index in [9.17, 15) is 33.6 Å². The Morgan fingerprint density at radius 2 is 1.46 bits per heavy atom. The van der Waals surface area contributed by atoms with Crippen LogP contribution in [0.25, 0.3) is 0 Å². The van der Waals surface area contributed by atoms with E-state index >= 15 is 0 Å². The number of Topliss-reactive ketones (excluding diaryl/α,β-unsaturated/α-hetero) is 1. The summed E-state index contributed by atoms with van der Waals surface area (Å²) in [5.74, 6) is -3.56. The SMILES string of the molecule is COC(=O)C1OC(OCC(=NNC(N)=O)C2CCC3C4CCC5CC(OC(C)=O)CCC5(C)C4C(=O)CC23C)C(OC(C)=O)C(OC(C)=O)C1OC(C)=O. The number of amides is 2. The fraction of sp³-hybridized carbons (Fsp3) is 0.784. The van der Waals surface area contributed by atoms with Crippen molar-refractivity contribution in [3.8, 4) is 0 Å². The zero-order chi connectivity index (χ0) is 39.7. The van der Waals surface area contributed by atoms with Crippen LogP contribution in [-0.4, -0.2) is 97.9 Å². The van der Waals surface area contributed by atoms with Gasteiger partial charge < -0.3 is 38.9 Å². The van der Waals surface area contributed by atoms with Crippen LogP contribution >= 0.6 is 0 Å². The van der Waals surface area contributed by atoms with E-state index in [-0.39, 0.29) is 65.9 Å². The van der Waals surface area contributed by atoms with E-state index in [1.165, 1.54) is 6.92 Å². The Morgan fingerprint density at radius 3 is 2.07 bits per heavy atom. The van der Waals surface area contributed by atoms with Crippen LogP contribution in [0.3, 0.4) is 0 Å². The van der Waals surface area contributed by atoms with Crippen molar-refractivity contribution in [1.29, 1.82) is 0 Å². The Balaban J connectivity index is 1.42. The maximum atomic E-state index is 14.4. The van der Waals surface area contributed by atoms with Gasteiger partial charge in [0, 0.05) is 46.0 Å². The number of ketones is 1. The highest BCUT2D eigenvalue weighted by molar-refractivity contribution is 5.92. The van der Waals surface area contributed by atoms with E-state index in [0.29, 0.717) is 12.1 Å². The molecule has 1 saturated heterocycles. The molecule has 0 aromatic carbocycles. The van der Waals surface area contributed by atoms with Crippen molar-refractivity contribution in [3.05, 3.63) is 0 Å². The molecule has 0 aromatic rings. The van der Waals surface area contributed by atoms with Crippen molar-refractivity contribution in [1.82, 2.24) is 5.43 Å². The summed E-state index contributed by atoms with van der Waals surface area (Å²) in [5.41, 5.74) is 7.26. The fourth-order valence-corrected chi connectivity index (χ4v) is 10.6. The Labute approximate surface area is 314 Å². The molecular weight excluding hydrogens is 710 g/mol. The number of carbonyl (C=O) groups is 7. The Hall–Kier alpha value is -4.12. The number of carbonyl (C=O) groups excluding carboxylic acids is 7. The molecule has 0 radical (unpaired) electrons. The van der Waals surface area contributed by atoms with Crippen LogP contribution in [-0.2, 0) is 61.9 Å². The first-order chi connectivity index (χ1) is 25.4. The van der Waals surface area contributed by atoms with E-state index in [4.69, 9.17) is 38.9 Å². The molecule has 1 aliphatic heterocycles. The first kappa shape index (κ1) is 41.1. The van der Waals surface area contributed by atoms with Crippen molar-refractivity contribution in [2.75, 3.05) is 13.7 Å². The summed E-state index contributed by atoms with van der Waals surface area (Å²) in [6, 6.07) is -0.931. The molecule has 0 spiro atoms. The van der Waals surface area contributed by atoms with E-state index in [2.05, 4.69) is 24.4 Å². The van der Waals surface area contributed by atoms with Gasteiger partial charge in [0.15, 0.2) is 30.7 Å². The molecule has 5 fully saturated rings. The van der Waals surface area contributed by atoms with Gasteiger partial charge in [0.05, 0.1) is 19.4 Å². The summed E-state index contributed by atoms with van der Waals surface area (Å²) in [4.78, 5) is 87.6. The highest BCUT2D eigenvalue weighted by Crippen LogP contribution is 2.66. The largest absolute Gasteiger partial charge is 0.467 e. The van der Waals surface area contributed by atoms with Crippen LogP contribution in [0.1, 0.15) is 92.9 Å². The number of hydrogen-bond donors (Lipinski definition) is 2. The predicted octanol–water partition coefficient (Wildman–Crippen LogP) is 2.49. The molecule has 17 heteroatoms. The summed E-state index contributed by atoms with van der Waals surface area (Å²) in [7, 11) is 1.08. The number of nitrogens with two attached hydrogens (primary N) is 1. The zero-order valence-corrected chi connectivity index (χ0v) is 32.0. The number of nitrogens with zero attached hydrogens (tertiary/aromatic N) is 1. The number of rotatable bonds is 10. The van der Waals surface area contributed by atoms with Crippen molar-refractivity contribution >= 4 is 47.4 Å². The third kappa shape index (κ3) is 8.26. The molecule has 17 nitrogen and oxygen atoms in total. The first-order valence-electron chi connectivity index (χ1n) is 18.6. The lowest BCUT2D eigenvalue weighted by atomic mass is 9.44. The molecule has 2 amide bonds. The molecule has 5 rings (SSSR count). The molecule has 54 heavy (non-hydrogen) atoms. The van der Waals surface area contributed by atoms with Crippen LogP contribution in [0, 0.1) is 40.4 Å². The monoisotopic (exact) mass is 763 g/mol. The minimum absolute atomic E-state index is 0.123. The average molecular weight is 764 g/mol. The maximum Gasteiger partial charge on any atom is 0.339 e. The van der Waals surface area contributed by atoms with Crippen molar-refractivity contribution in [3.63, 3.8) is 0 Å². The number of hydrogen-bond acceptors (Lipinski definition) is 15. The van der Waals surface area contributed by atoms with Crippen LogP contribution in [0.2, 0.25) is 0 Å². The number of ether oxygens (including phenoxy) is 7. The third-order valence-corrected chi connectivity index (χ3v) is 12.6. The fourth-order valence-electron chi connectivity index (χ4n) is 10.6. The Morgan fingerprint density at radius 1 is 0.833 bits per heavy atom. The van der Waals surface area contributed by atoms with Crippen LogP contribution in [0.15, 0.2) is 5.10 Å². The van der Waals surface area contributed by atoms with Gasteiger partial charge >= 0.3 is 35.9 Å². The summed E-state index contributed by atoms with van der Waals surface area (Å²) in [5, 5.41) is 4.35. The molecule has 1 heterocycles. The lowest BCUT2D eigenvalue weighted by Gasteiger charge is -2.60. The molecule has 4 saturated carbocycles. The number of esters is 5. The zero-order valence-electron chi connectivity index (χ0n) is 32.0. The Kier molecular flexibility index (Phi) is 12.4. The second kappa shape index (κ2) is 16.3. The van der Waals surface area contributed by atoms with Gasteiger partial charge in [0.2, 0.25) is 0 Å². The number of methoxy groups -OCH3 is 1. The molecule has 5 aliphatic rings. The smallest absolute Gasteiger partial charge is 0.339 e. The average Bonchev–Trinajstić information content (AvgIpc) is 3.41. The van der Waals surface area contributed by atoms with Crippen LogP contribution in [0.4, 0.5) is 4.79 Å². The lowest BCUT2D eigenvalue weighted by molar-refractivity contribution is -0.298. The van der Waals surface area contributed by atoms with Crippen molar-refractivity contribution in [2.24, 2.45) is 51.3 Å². The molecular formula is C37H53N3O14. The van der Waals surface area contributed by atoms with Gasteiger partial charge in [0.25, 0.3) is 0 Å².